The number of hydrogen-bond donors (Lipinski definition) is 0. The van der Waals surface area contributed by atoms with Crippen molar-refractivity contribution in [1.29, 1.82) is 0 Å². The maximum absolute atomic E-state index is 5.07. The molecule has 1 heterocycles. The van der Waals surface area contributed by atoms with Crippen molar-refractivity contribution >= 4 is 15.9 Å². The fraction of sp³-hybridized carbons (Fsp3) is 0.167. The highest BCUT2D eigenvalue weighted by molar-refractivity contribution is 9.10. The van der Waals surface area contributed by atoms with E-state index >= 15 is 0 Å². The van der Waals surface area contributed by atoms with Crippen LogP contribution in [0.25, 0.3) is 11.3 Å². The monoisotopic (exact) mass is 278 g/mol. The Kier molecular flexibility index (Phi) is 3.19. The number of aromatic nitrogens is 2. The van der Waals surface area contributed by atoms with Crippen LogP contribution in [0.5, 0.6) is 5.88 Å². The Morgan fingerprint density at radius 1 is 1.12 bits per heavy atom. The predicted molar refractivity (Wildman–Crippen MR) is 66.5 cm³/mol. The number of ether oxygens (including phenoxy) is 1. The van der Waals surface area contributed by atoms with E-state index in [-0.39, 0.29) is 0 Å². The molecular weight excluding hydrogens is 268 g/mol. The van der Waals surface area contributed by atoms with Crippen molar-refractivity contribution in [3.05, 3.63) is 40.4 Å². The molecule has 3 nitrogen and oxygen atoms in total. The Labute approximate surface area is 103 Å². The van der Waals surface area contributed by atoms with Gasteiger partial charge in [-0.15, -0.1) is 10.2 Å². The molecule has 0 aliphatic carbocycles. The first kappa shape index (κ1) is 11.1. The molecule has 16 heavy (non-hydrogen) atoms. The lowest BCUT2D eigenvalue weighted by atomic mass is 10.1. The van der Waals surface area contributed by atoms with Crippen LogP contribution < -0.4 is 4.74 Å². The molecule has 0 saturated carbocycles. The summed E-state index contributed by atoms with van der Waals surface area (Å²) in [6.45, 7) is 1.95. The minimum atomic E-state index is 0.570. The normalized spacial score (nSPS) is 10.2. The maximum atomic E-state index is 5.07. The lowest BCUT2D eigenvalue weighted by Gasteiger charge is -2.05. The SMILES string of the molecule is COc1nnc(-c2ccc(Br)cc2)cc1C. The number of rotatable bonds is 2. The second-order valence-corrected chi connectivity index (χ2v) is 4.34. The fourth-order valence-electron chi connectivity index (χ4n) is 1.44. The van der Waals surface area contributed by atoms with Crippen LogP contribution in [0.4, 0.5) is 0 Å². The first-order chi connectivity index (χ1) is 7.70. The highest BCUT2D eigenvalue weighted by Crippen LogP contribution is 2.22. The lowest BCUT2D eigenvalue weighted by molar-refractivity contribution is 0.389. The third-order valence-corrected chi connectivity index (χ3v) is 2.80. The molecule has 0 aliphatic heterocycles. The zero-order valence-electron chi connectivity index (χ0n) is 9.07. The molecule has 0 N–H and O–H groups in total. The number of aryl methyl sites for hydroxylation is 1. The van der Waals surface area contributed by atoms with Crippen LogP contribution in [0.3, 0.4) is 0 Å². The van der Waals surface area contributed by atoms with Crippen molar-refractivity contribution in [2.45, 2.75) is 6.92 Å². The first-order valence-electron chi connectivity index (χ1n) is 4.85. The zero-order chi connectivity index (χ0) is 11.5. The van der Waals surface area contributed by atoms with E-state index in [1.165, 1.54) is 0 Å². The second kappa shape index (κ2) is 4.61. The van der Waals surface area contributed by atoms with Gasteiger partial charge >= 0.3 is 0 Å². The maximum Gasteiger partial charge on any atom is 0.236 e. The molecule has 1 aromatic carbocycles. The van der Waals surface area contributed by atoms with Crippen molar-refractivity contribution in [1.82, 2.24) is 10.2 Å². The number of hydrogen-bond acceptors (Lipinski definition) is 3. The van der Waals surface area contributed by atoms with Gasteiger partial charge in [-0.1, -0.05) is 28.1 Å². The van der Waals surface area contributed by atoms with Gasteiger partial charge in [-0.25, -0.2) is 0 Å². The summed E-state index contributed by atoms with van der Waals surface area (Å²) in [6, 6.07) is 9.93. The van der Waals surface area contributed by atoms with E-state index in [9.17, 15) is 0 Å². The standard InChI is InChI=1S/C12H11BrN2O/c1-8-7-11(14-15-12(8)16-2)9-3-5-10(13)6-4-9/h3-7H,1-2H3. The lowest BCUT2D eigenvalue weighted by Crippen LogP contribution is -1.95. The van der Waals surface area contributed by atoms with Crippen LogP contribution in [0, 0.1) is 6.92 Å². The number of halogens is 1. The van der Waals surface area contributed by atoms with Crippen molar-refractivity contribution < 1.29 is 4.74 Å². The second-order valence-electron chi connectivity index (χ2n) is 3.43. The third-order valence-electron chi connectivity index (χ3n) is 2.27. The highest BCUT2D eigenvalue weighted by atomic mass is 79.9. The zero-order valence-corrected chi connectivity index (χ0v) is 10.7. The quantitative estimate of drug-likeness (QED) is 0.846. The molecule has 0 unspecified atom stereocenters. The highest BCUT2D eigenvalue weighted by Gasteiger charge is 2.05. The summed E-state index contributed by atoms with van der Waals surface area (Å²) < 4.78 is 6.12. The summed E-state index contributed by atoms with van der Waals surface area (Å²) in [7, 11) is 1.59. The number of methoxy groups -OCH3 is 1. The summed E-state index contributed by atoms with van der Waals surface area (Å²) in [5.41, 5.74) is 2.88. The predicted octanol–water partition coefficient (Wildman–Crippen LogP) is 3.22. The minimum Gasteiger partial charge on any atom is -0.480 e. The van der Waals surface area contributed by atoms with E-state index in [0.29, 0.717) is 5.88 Å². The number of nitrogens with zero attached hydrogens (tertiary/aromatic N) is 2. The van der Waals surface area contributed by atoms with Gasteiger partial charge in [0.2, 0.25) is 5.88 Å². The average Bonchev–Trinajstić information content (AvgIpc) is 2.30. The van der Waals surface area contributed by atoms with Crippen LogP contribution in [0.2, 0.25) is 0 Å². The average molecular weight is 279 g/mol. The number of benzene rings is 1. The molecule has 4 heteroatoms. The Morgan fingerprint density at radius 2 is 1.81 bits per heavy atom. The molecule has 0 spiro atoms. The van der Waals surface area contributed by atoms with Gasteiger partial charge in [-0.05, 0) is 25.1 Å². The van der Waals surface area contributed by atoms with E-state index in [4.69, 9.17) is 4.74 Å². The molecule has 0 radical (unpaired) electrons. The van der Waals surface area contributed by atoms with Crippen LogP contribution >= 0.6 is 15.9 Å². The smallest absolute Gasteiger partial charge is 0.236 e. The van der Waals surface area contributed by atoms with Crippen LogP contribution in [0.1, 0.15) is 5.56 Å². The van der Waals surface area contributed by atoms with Gasteiger partial charge in [-0.3, -0.25) is 0 Å². The summed E-state index contributed by atoms with van der Waals surface area (Å²) in [5, 5.41) is 8.13. The van der Waals surface area contributed by atoms with E-state index in [1.54, 1.807) is 7.11 Å². The fourth-order valence-corrected chi connectivity index (χ4v) is 1.70. The molecule has 82 valence electrons. The van der Waals surface area contributed by atoms with Crippen molar-refractivity contribution in [3.8, 4) is 17.1 Å². The van der Waals surface area contributed by atoms with E-state index in [0.717, 1.165) is 21.3 Å². The van der Waals surface area contributed by atoms with Gasteiger partial charge in [0.05, 0.1) is 12.8 Å². The molecule has 2 rings (SSSR count). The summed E-state index contributed by atoms with van der Waals surface area (Å²) in [4.78, 5) is 0. The molecular formula is C12H11BrN2O. The minimum absolute atomic E-state index is 0.570. The molecule has 1 aromatic heterocycles. The first-order valence-corrected chi connectivity index (χ1v) is 5.64. The largest absolute Gasteiger partial charge is 0.480 e. The van der Waals surface area contributed by atoms with Gasteiger partial charge in [0.1, 0.15) is 0 Å². The van der Waals surface area contributed by atoms with E-state index < -0.39 is 0 Å². The molecule has 0 aliphatic rings. The van der Waals surface area contributed by atoms with Gasteiger partial charge < -0.3 is 4.74 Å². The molecule has 0 bridgehead atoms. The Hall–Kier alpha value is -1.42. The topological polar surface area (TPSA) is 35.0 Å². The molecule has 2 aromatic rings. The van der Waals surface area contributed by atoms with Crippen molar-refractivity contribution in [2.24, 2.45) is 0 Å². The van der Waals surface area contributed by atoms with Gasteiger partial charge in [0.15, 0.2) is 0 Å². The van der Waals surface area contributed by atoms with E-state index in [1.807, 2.05) is 37.3 Å². The van der Waals surface area contributed by atoms with Crippen molar-refractivity contribution in [3.63, 3.8) is 0 Å². The Balaban J connectivity index is 2.41. The summed E-state index contributed by atoms with van der Waals surface area (Å²) in [6.07, 6.45) is 0. The van der Waals surface area contributed by atoms with Crippen LogP contribution in [0.15, 0.2) is 34.8 Å². The summed E-state index contributed by atoms with van der Waals surface area (Å²) in [5.74, 6) is 0.570. The van der Waals surface area contributed by atoms with Gasteiger partial charge in [0.25, 0.3) is 0 Å². The van der Waals surface area contributed by atoms with Crippen molar-refractivity contribution in [2.75, 3.05) is 7.11 Å². The van der Waals surface area contributed by atoms with Gasteiger partial charge in [-0.2, -0.15) is 0 Å². The van der Waals surface area contributed by atoms with E-state index in [2.05, 4.69) is 26.1 Å². The molecule has 0 fully saturated rings. The summed E-state index contributed by atoms with van der Waals surface area (Å²) >= 11 is 3.40. The van der Waals surface area contributed by atoms with Crippen LogP contribution in [-0.2, 0) is 0 Å². The molecule has 0 amide bonds. The Morgan fingerprint density at radius 3 is 2.38 bits per heavy atom. The van der Waals surface area contributed by atoms with Gasteiger partial charge in [0, 0.05) is 15.6 Å². The third kappa shape index (κ3) is 2.22. The van der Waals surface area contributed by atoms with Crippen LogP contribution in [-0.4, -0.2) is 17.3 Å². The molecule has 0 atom stereocenters. The Bertz CT molecular complexity index is 497. The molecule has 0 saturated heterocycles.